The fourth-order valence-corrected chi connectivity index (χ4v) is 5.90. The molecule has 1 saturated heterocycles. The van der Waals surface area contributed by atoms with Crippen LogP contribution in [0.15, 0.2) is 54.6 Å². The summed E-state index contributed by atoms with van der Waals surface area (Å²) >= 11 is 1.74. The maximum Gasteiger partial charge on any atom is 0.303 e. The number of hydrogen-bond acceptors (Lipinski definition) is 7. The summed E-state index contributed by atoms with van der Waals surface area (Å²) in [5.74, 6) is -0.123. The number of rotatable bonds is 7. The van der Waals surface area contributed by atoms with Gasteiger partial charge in [-0.1, -0.05) is 37.3 Å². The van der Waals surface area contributed by atoms with Crippen LogP contribution in [0, 0.1) is 12.8 Å². The van der Waals surface area contributed by atoms with Crippen LogP contribution in [0.5, 0.6) is 5.75 Å². The topological polar surface area (TPSA) is 71.1 Å². The number of hydrogen-bond donors (Lipinski definition) is 0. The standard InChI is InChI=1S/C30H34O6S/c1-17-11-12-22(29-30(36-21(5)32)28(35-20(4)31)18(2)19(3)34-29)15-23(17)16-24-13-14-27(37-24)25-9-7-8-10-26(25)33-6/h7-15,18-19,28-30H,16H2,1-6H3/t18-,19-,28+,29?,30-/m1/s1. The lowest BCUT2D eigenvalue weighted by molar-refractivity contribution is -0.222. The highest BCUT2D eigenvalue weighted by Crippen LogP contribution is 2.40. The van der Waals surface area contributed by atoms with Crippen molar-refractivity contribution in [3.63, 3.8) is 0 Å². The van der Waals surface area contributed by atoms with Crippen molar-refractivity contribution < 1.29 is 28.5 Å². The van der Waals surface area contributed by atoms with E-state index in [0.717, 1.165) is 39.3 Å². The van der Waals surface area contributed by atoms with E-state index in [1.54, 1.807) is 18.4 Å². The third kappa shape index (κ3) is 6.05. The first-order valence-electron chi connectivity index (χ1n) is 12.5. The number of aryl methyl sites for hydroxylation is 1. The average molecular weight is 523 g/mol. The molecule has 0 radical (unpaired) electrons. The SMILES string of the molecule is COc1ccccc1-c1ccc(Cc2cc(C3O[C@H](C)[C@@H](C)[C@H](OC(C)=O)[C@H]3OC(C)=O)ccc2C)s1. The minimum Gasteiger partial charge on any atom is -0.496 e. The fraction of sp³-hybridized carbons (Fsp3) is 0.400. The predicted molar refractivity (Wildman–Crippen MR) is 144 cm³/mol. The third-order valence-electron chi connectivity index (χ3n) is 6.95. The van der Waals surface area contributed by atoms with E-state index in [-0.39, 0.29) is 12.0 Å². The predicted octanol–water partition coefficient (Wildman–Crippen LogP) is 6.28. The van der Waals surface area contributed by atoms with Crippen molar-refractivity contribution in [1.29, 1.82) is 0 Å². The zero-order valence-corrected chi connectivity index (χ0v) is 23.0. The lowest BCUT2D eigenvalue weighted by Crippen LogP contribution is -2.52. The number of carbonyl (C=O) groups excluding carboxylic acids is 2. The molecule has 37 heavy (non-hydrogen) atoms. The largest absolute Gasteiger partial charge is 0.496 e. The van der Waals surface area contributed by atoms with E-state index in [9.17, 15) is 9.59 Å². The van der Waals surface area contributed by atoms with Crippen LogP contribution in [-0.2, 0) is 30.2 Å². The van der Waals surface area contributed by atoms with E-state index in [0.29, 0.717) is 0 Å². The van der Waals surface area contributed by atoms with E-state index in [2.05, 4.69) is 37.3 Å². The molecule has 196 valence electrons. The summed E-state index contributed by atoms with van der Waals surface area (Å²) < 4.78 is 23.3. The molecule has 4 rings (SSSR count). The summed E-state index contributed by atoms with van der Waals surface area (Å²) in [6.07, 6.45) is -1.32. The van der Waals surface area contributed by atoms with Gasteiger partial charge in [0.25, 0.3) is 0 Å². The summed E-state index contributed by atoms with van der Waals surface area (Å²) in [6.45, 7) is 8.73. The molecule has 7 heteroatoms. The van der Waals surface area contributed by atoms with Crippen molar-refractivity contribution in [3.05, 3.63) is 76.2 Å². The number of ether oxygens (including phenoxy) is 4. The highest BCUT2D eigenvalue weighted by molar-refractivity contribution is 7.15. The molecule has 1 fully saturated rings. The summed E-state index contributed by atoms with van der Waals surface area (Å²) in [7, 11) is 1.69. The van der Waals surface area contributed by atoms with Gasteiger partial charge in [-0.05, 0) is 54.8 Å². The molecule has 0 spiro atoms. The van der Waals surface area contributed by atoms with Gasteiger partial charge in [0.1, 0.15) is 18.0 Å². The van der Waals surface area contributed by atoms with Crippen LogP contribution >= 0.6 is 11.3 Å². The zero-order chi connectivity index (χ0) is 26.7. The normalized spacial score (nSPS) is 23.4. The molecule has 0 bridgehead atoms. The Bertz CT molecular complexity index is 1260. The van der Waals surface area contributed by atoms with Gasteiger partial charge in [-0.2, -0.15) is 0 Å². The molecule has 2 heterocycles. The Morgan fingerprint density at radius 2 is 1.65 bits per heavy atom. The Morgan fingerprint density at radius 3 is 2.35 bits per heavy atom. The van der Waals surface area contributed by atoms with Gasteiger partial charge in [0.15, 0.2) is 6.10 Å². The van der Waals surface area contributed by atoms with Crippen LogP contribution in [0.25, 0.3) is 10.4 Å². The lowest BCUT2D eigenvalue weighted by atomic mass is 9.85. The van der Waals surface area contributed by atoms with Crippen LogP contribution < -0.4 is 4.74 Å². The van der Waals surface area contributed by atoms with Crippen molar-refractivity contribution in [2.45, 2.75) is 65.5 Å². The fourth-order valence-electron chi connectivity index (χ4n) is 4.84. The first-order chi connectivity index (χ1) is 17.7. The molecular formula is C30H34O6S. The van der Waals surface area contributed by atoms with Crippen molar-refractivity contribution in [1.82, 2.24) is 0 Å². The minimum absolute atomic E-state index is 0.131. The van der Waals surface area contributed by atoms with Gasteiger partial charge in [0.05, 0.1) is 13.2 Å². The minimum atomic E-state index is -0.734. The quantitative estimate of drug-likeness (QED) is 0.340. The van der Waals surface area contributed by atoms with Crippen LogP contribution in [0.4, 0.5) is 0 Å². The molecule has 0 saturated carbocycles. The number of thiophene rings is 1. The zero-order valence-electron chi connectivity index (χ0n) is 22.1. The van der Waals surface area contributed by atoms with E-state index >= 15 is 0 Å². The van der Waals surface area contributed by atoms with E-state index < -0.39 is 30.3 Å². The molecule has 1 aromatic heterocycles. The summed E-state index contributed by atoms with van der Waals surface area (Å²) in [5.41, 5.74) is 4.29. The van der Waals surface area contributed by atoms with Crippen molar-refractivity contribution in [2.24, 2.45) is 5.92 Å². The Kier molecular flexibility index (Phi) is 8.35. The molecule has 0 amide bonds. The van der Waals surface area contributed by atoms with Gasteiger partial charge in [-0.15, -0.1) is 11.3 Å². The number of para-hydroxylation sites is 1. The summed E-state index contributed by atoms with van der Waals surface area (Å²) in [5, 5.41) is 0. The second-order valence-corrected chi connectivity index (χ2v) is 10.8. The molecule has 0 aliphatic carbocycles. The Labute approximate surface area is 222 Å². The van der Waals surface area contributed by atoms with Crippen LogP contribution in [-0.4, -0.2) is 37.4 Å². The molecule has 1 unspecified atom stereocenters. The number of esters is 2. The number of benzene rings is 2. The van der Waals surface area contributed by atoms with E-state index in [1.165, 1.54) is 18.7 Å². The number of carbonyl (C=O) groups is 2. The first kappa shape index (κ1) is 26.9. The van der Waals surface area contributed by atoms with Crippen LogP contribution in [0.3, 0.4) is 0 Å². The molecular weight excluding hydrogens is 488 g/mol. The second kappa shape index (κ2) is 11.5. The monoisotopic (exact) mass is 522 g/mol. The Hall–Kier alpha value is -3.16. The van der Waals surface area contributed by atoms with Gasteiger partial charge >= 0.3 is 11.9 Å². The van der Waals surface area contributed by atoms with Gasteiger partial charge in [-0.25, -0.2) is 0 Å². The molecule has 0 N–H and O–H groups in total. The van der Waals surface area contributed by atoms with Crippen molar-refractivity contribution in [2.75, 3.05) is 7.11 Å². The van der Waals surface area contributed by atoms with Gasteiger partial charge in [0.2, 0.25) is 0 Å². The lowest BCUT2D eigenvalue weighted by Gasteiger charge is -2.43. The van der Waals surface area contributed by atoms with Gasteiger partial charge in [0, 0.05) is 41.5 Å². The maximum absolute atomic E-state index is 12.0. The summed E-state index contributed by atoms with van der Waals surface area (Å²) in [4.78, 5) is 26.3. The van der Waals surface area contributed by atoms with Crippen molar-refractivity contribution in [3.8, 4) is 16.2 Å². The van der Waals surface area contributed by atoms with Gasteiger partial charge < -0.3 is 18.9 Å². The smallest absolute Gasteiger partial charge is 0.303 e. The molecule has 1 aliphatic rings. The van der Waals surface area contributed by atoms with Crippen molar-refractivity contribution >= 4 is 23.3 Å². The molecule has 3 aromatic rings. The molecule has 1 aliphatic heterocycles. The third-order valence-corrected chi connectivity index (χ3v) is 8.07. The maximum atomic E-state index is 12.0. The molecule has 5 atom stereocenters. The Morgan fingerprint density at radius 1 is 0.946 bits per heavy atom. The highest BCUT2D eigenvalue weighted by atomic mass is 32.1. The van der Waals surface area contributed by atoms with Crippen LogP contribution in [0.1, 0.15) is 55.4 Å². The molecule has 6 nitrogen and oxygen atoms in total. The van der Waals surface area contributed by atoms with Crippen LogP contribution in [0.2, 0.25) is 0 Å². The average Bonchev–Trinajstić information content (AvgIpc) is 3.33. The molecule has 2 aromatic carbocycles. The first-order valence-corrected chi connectivity index (χ1v) is 13.3. The van der Waals surface area contributed by atoms with Gasteiger partial charge in [-0.3, -0.25) is 9.59 Å². The summed E-state index contributed by atoms with van der Waals surface area (Å²) in [6, 6.07) is 18.5. The highest BCUT2D eigenvalue weighted by Gasteiger charge is 2.47. The number of methoxy groups -OCH3 is 1. The van der Waals surface area contributed by atoms with E-state index in [1.807, 2.05) is 38.1 Å². The Balaban J connectivity index is 1.64. The second-order valence-electron chi connectivity index (χ2n) is 9.60. The van der Waals surface area contributed by atoms with E-state index in [4.69, 9.17) is 18.9 Å².